The number of aliphatic imine (C=N–C) groups is 1. The van der Waals surface area contributed by atoms with Crippen molar-refractivity contribution in [2.45, 2.75) is 19.0 Å². The van der Waals surface area contributed by atoms with Gasteiger partial charge in [-0.3, -0.25) is 14.5 Å². The van der Waals surface area contributed by atoms with Crippen LogP contribution in [-0.2, 0) is 16.9 Å². The monoisotopic (exact) mass is 442 g/mol. The lowest BCUT2D eigenvalue weighted by molar-refractivity contribution is -0.130. The second kappa shape index (κ2) is 8.78. The van der Waals surface area contributed by atoms with Gasteiger partial charge in [0.2, 0.25) is 0 Å². The van der Waals surface area contributed by atoms with Gasteiger partial charge in [-0.15, -0.1) is 0 Å². The number of methoxy groups -OCH3 is 1. The molecular weight excluding hydrogens is 416 g/mol. The van der Waals surface area contributed by atoms with Crippen molar-refractivity contribution in [1.29, 1.82) is 0 Å². The van der Waals surface area contributed by atoms with E-state index in [1.54, 1.807) is 39.3 Å². The maximum Gasteiger partial charge on any atom is 0.261 e. The van der Waals surface area contributed by atoms with Crippen LogP contribution in [0.15, 0.2) is 77.8 Å². The lowest BCUT2D eigenvalue weighted by Crippen LogP contribution is -2.38. The molecule has 1 heterocycles. The van der Waals surface area contributed by atoms with Gasteiger partial charge in [-0.1, -0.05) is 54.6 Å². The van der Waals surface area contributed by atoms with Crippen LogP contribution in [0.2, 0.25) is 0 Å². The molecule has 168 valence electrons. The second-order valence-corrected chi connectivity index (χ2v) is 8.03. The molecule has 7 heteroatoms. The van der Waals surface area contributed by atoms with Crippen LogP contribution in [0.1, 0.15) is 28.4 Å². The smallest absolute Gasteiger partial charge is 0.261 e. The molecule has 1 unspecified atom stereocenters. The number of guanidine groups is 1. The minimum atomic E-state index is -1.07. The predicted molar refractivity (Wildman–Crippen MR) is 128 cm³/mol. The van der Waals surface area contributed by atoms with Crippen LogP contribution in [0.3, 0.4) is 0 Å². The van der Waals surface area contributed by atoms with Crippen LogP contribution in [0.25, 0.3) is 11.1 Å². The summed E-state index contributed by atoms with van der Waals surface area (Å²) in [4.78, 5) is 31.3. The van der Waals surface area contributed by atoms with Gasteiger partial charge in [-0.25, -0.2) is 4.99 Å². The standard InChI is InChI=1S/C26H26N4O3/c1-26(24(32)30(2)25(27)29-26)19-11-8-10-17(15-19)20-12-5-4-9-18(20)16-28-23(31)21-13-6-7-14-22(21)33-3/h4-15H,16H2,1-3H3,(H2,27,29)(H,28,31). The van der Waals surface area contributed by atoms with E-state index < -0.39 is 5.54 Å². The Morgan fingerprint density at radius 2 is 1.82 bits per heavy atom. The van der Waals surface area contributed by atoms with E-state index >= 15 is 0 Å². The Morgan fingerprint density at radius 3 is 2.55 bits per heavy atom. The summed E-state index contributed by atoms with van der Waals surface area (Å²) in [5.41, 5.74) is 8.89. The first kappa shape index (κ1) is 22.1. The topological polar surface area (TPSA) is 97.0 Å². The number of benzene rings is 3. The minimum absolute atomic E-state index is 0.172. The molecule has 0 saturated heterocycles. The molecule has 0 radical (unpaired) electrons. The Labute approximate surface area is 192 Å². The number of carbonyl (C=O) groups is 2. The molecule has 1 atom stereocenters. The van der Waals surface area contributed by atoms with Gasteiger partial charge in [0.15, 0.2) is 11.5 Å². The third kappa shape index (κ3) is 4.05. The molecule has 4 rings (SSSR count). The summed E-state index contributed by atoms with van der Waals surface area (Å²) in [5, 5.41) is 2.98. The van der Waals surface area contributed by atoms with E-state index in [4.69, 9.17) is 10.5 Å². The maximum absolute atomic E-state index is 12.8. The van der Waals surface area contributed by atoms with Gasteiger partial charge in [0.05, 0.1) is 12.7 Å². The van der Waals surface area contributed by atoms with Crippen LogP contribution >= 0.6 is 0 Å². The van der Waals surface area contributed by atoms with Gasteiger partial charge in [-0.2, -0.15) is 0 Å². The van der Waals surface area contributed by atoms with Crippen LogP contribution in [0.4, 0.5) is 0 Å². The summed E-state index contributed by atoms with van der Waals surface area (Å²) in [6, 6.07) is 22.7. The molecule has 0 saturated carbocycles. The second-order valence-electron chi connectivity index (χ2n) is 8.03. The predicted octanol–water partition coefficient (Wildman–Crippen LogP) is 3.29. The SMILES string of the molecule is COc1ccccc1C(=O)NCc1ccccc1-c1cccc(C2(C)N=C(N)N(C)C2=O)c1. The van der Waals surface area contributed by atoms with Gasteiger partial charge < -0.3 is 15.8 Å². The first-order valence-electron chi connectivity index (χ1n) is 10.6. The molecule has 3 aromatic rings. The van der Waals surface area contributed by atoms with Crippen molar-refractivity contribution < 1.29 is 14.3 Å². The number of nitrogens with two attached hydrogens (primary N) is 1. The van der Waals surface area contributed by atoms with E-state index in [1.807, 2.05) is 54.6 Å². The largest absolute Gasteiger partial charge is 0.496 e. The van der Waals surface area contributed by atoms with Gasteiger partial charge in [0, 0.05) is 13.6 Å². The number of para-hydroxylation sites is 1. The highest BCUT2D eigenvalue weighted by atomic mass is 16.5. The lowest BCUT2D eigenvalue weighted by atomic mass is 9.89. The molecule has 0 aromatic heterocycles. The van der Waals surface area contributed by atoms with Gasteiger partial charge in [0.25, 0.3) is 11.8 Å². The summed E-state index contributed by atoms with van der Waals surface area (Å²) in [6.45, 7) is 2.10. The van der Waals surface area contributed by atoms with Crippen molar-refractivity contribution in [3.05, 3.63) is 89.5 Å². The summed E-state index contributed by atoms with van der Waals surface area (Å²) in [6.07, 6.45) is 0. The molecule has 1 aliphatic rings. The zero-order valence-corrected chi connectivity index (χ0v) is 18.8. The Hall–Kier alpha value is -4.13. The third-order valence-electron chi connectivity index (χ3n) is 5.95. The number of amides is 2. The zero-order chi connectivity index (χ0) is 23.6. The average Bonchev–Trinajstić information content (AvgIpc) is 3.05. The number of nitrogens with one attached hydrogen (secondary N) is 1. The zero-order valence-electron chi connectivity index (χ0n) is 18.8. The number of rotatable bonds is 6. The summed E-state index contributed by atoms with van der Waals surface area (Å²) >= 11 is 0. The Kier molecular flexibility index (Phi) is 5.87. The van der Waals surface area contributed by atoms with E-state index in [9.17, 15) is 9.59 Å². The molecular formula is C26H26N4O3. The van der Waals surface area contributed by atoms with Gasteiger partial charge in [-0.05, 0) is 47.4 Å². The highest BCUT2D eigenvalue weighted by Crippen LogP contribution is 2.35. The number of nitrogens with zero attached hydrogens (tertiary/aromatic N) is 2. The van der Waals surface area contributed by atoms with Gasteiger partial charge >= 0.3 is 0 Å². The van der Waals surface area contributed by atoms with Crippen molar-refractivity contribution >= 4 is 17.8 Å². The molecule has 0 fully saturated rings. The quantitative estimate of drug-likeness (QED) is 0.612. The van der Waals surface area contributed by atoms with Crippen molar-refractivity contribution in [1.82, 2.24) is 10.2 Å². The van der Waals surface area contributed by atoms with Crippen molar-refractivity contribution in [3.63, 3.8) is 0 Å². The van der Waals surface area contributed by atoms with Crippen molar-refractivity contribution in [2.75, 3.05) is 14.2 Å². The van der Waals surface area contributed by atoms with Gasteiger partial charge in [0.1, 0.15) is 5.75 Å². The fraction of sp³-hybridized carbons (Fsp3) is 0.192. The highest BCUT2D eigenvalue weighted by molar-refractivity contribution is 6.06. The van der Waals surface area contributed by atoms with Crippen LogP contribution in [-0.4, -0.2) is 36.8 Å². The molecule has 3 aromatic carbocycles. The van der Waals surface area contributed by atoms with E-state index in [0.717, 1.165) is 22.3 Å². The van der Waals surface area contributed by atoms with E-state index in [0.29, 0.717) is 17.9 Å². The molecule has 0 aliphatic carbocycles. The van der Waals surface area contributed by atoms with E-state index in [1.165, 1.54) is 4.90 Å². The molecule has 3 N–H and O–H groups in total. The number of likely N-dealkylation sites (N-methyl/N-ethyl adjacent to an activating group) is 1. The first-order valence-corrected chi connectivity index (χ1v) is 10.6. The Balaban J connectivity index is 1.62. The average molecular weight is 443 g/mol. The van der Waals surface area contributed by atoms with Crippen LogP contribution < -0.4 is 15.8 Å². The van der Waals surface area contributed by atoms with E-state index in [2.05, 4.69) is 10.3 Å². The summed E-state index contributed by atoms with van der Waals surface area (Å²) in [7, 11) is 3.16. The Morgan fingerprint density at radius 1 is 1.09 bits per heavy atom. The lowest BCUT2D eigenvalue weighted by Gasteiger charge is -2.21. The maximum atomic E-state index is 12.8. The molecule has 33 heavy (non-hydrogen) atoms. The molecule has 7 nitrogen and oxygen atoms in total. The number of carbonyl (C=O) groups excluding carboxylic acids is 2. The fourth-order valence-electron chi connectivity index (χ4n) is 4.02. The normalized spacial score (nSPS) is 17.6. The van der Waals surface area contributed by atoms with Crippen LogP contribution in [0.5, 0.6) is 5.75 Å². The van der Waals surface area contributed by atoms with Crippen molar-refractivity contribution in [2.24, 2.45) is 10.7 Å². The number of hydrogen-bond donors (Lipinski definition) is 2. The summed E-state index contributed by atoms with van der Waals surface area (Å²) < 4.78 is 5.30. The molecule has 0 spiro atoms. The number of hydrogen-bond acceptors (Lipinski definition) is 5. The van der Waals surface area contributed by atoms with Crippen molar-refractivity contribution in [3.8, 4) is 16.9 Å². The highest BCUT2D eigenvalue weighted by Gasteiger charge is 2.43. The molecule has 0 bridgehead atoms. The fourth-order valence-corrected chi connectivity index (χ4v) is 4.02. The number of ether oxygens (including phenoxy) is 1. The molecule has 2 amide bonds. The Bertz CT molecular complexity index is 1250. The molecule has 1 aliphatic heterocycles. The third-order valence-corrected chi connectivity index (χ3v) is 5.95. The van der Waals surface area contributed by atoms with Crippen LogP contribution in [0, 0.1) is 0 Å². The summed E-state index contributed by atoms with van der Waals surface area (Å²) in [5.74, 6) is 0.338. The van der Waals surface area contributed by atoms with E-state index in [-0.39, 0.29) is 17.8 Å². The minimum Gasteiger partial charge on any atom is -0.496 e. The first-order chi connectivity index (χ1) is 15.8.